The highest BCUT2D eigenvalue weighted by Crippen LogP contribution is 2.25. The average molecular weight is 279 g/mol. The molecule has 76 valence electrons. The molecule has 0 radical (unpaired) electrons. The Kier molecular flexibility index (Phi) is 4.41. The minimum absolute atomic E-state index is 0.0383. The molecule has 0 aromatic heterocycles. The molecule has 0 amide bonds. The molecule has 1 aromatic carbocycles. The van der Waals surface area contributed by atoms with Crippen LogP contribution in [0.1, 0.15) is 6.42 Å². The second kappa shape index (κ2) is 5.36. The fourth-order valence-electron chi connectivity index (χ4n) is 0.836. The van der Waals surface area contributed by atoms with Gasteiger partial charge in [-0.05, 0) is 18.2 Å². The molecule has 0 fully saturated rings. The Balaban J connectivity index is 2.57. The lowest BCUT2D eigenvalue weighted by Gasteiger charge is -2.01. The molecule has 0 heterocycles. The molecule has 0 aliphatic rings. The van der Waals surface area contributed by atoms with Gasteiger partial charge in [0.1, 0.15) is 5.82 Å². The van der Waals surface area contributed by atoms with Crippen LogP contribution >= 0.6 is 27.7 Å². The summed E-state index contributed by atoms with van der Waals surface area (Å²) >= 11 is 4.42. The summed E-state index contributed by atoms with van der Waals surface area (Å²) in [5.41, 5.74) is 0. The van der Waals surface area contributed by atoms with E-state index in [2.05, 4.69) is 15.9 Å². The van der Waals surface area contributed by atoms with Crippen molar-refractivity contribution >= 4 is 33.7 Å². The highest BCUT2D eigenvalue weighted by atomic mass is 79.9. The van der Waals surface area contributed by atoms with Gasteiger partial charge in [-0.25, -0.2) is 4.39 Å². The zero-order valence-electron chi connectivity index (χ0n) is 7.17. The van der Waals surface area contributed by atoms with Gasteiger partial charge in [0.25, 0.3) is 0 Å². The molecule has 1 aromatic rings. The van der Waals surface area contributed by atoms with E-state index in [1.165, 1.54) is 17.8 Å². The monoisotopic (exact) mass is 278 g/mol. The number of aliphatic carboxylic acids is 1. The van der Waals surface area contributed by atoms with Crippen LogP contribution in [0.15, 0.2) is 27.6 Å². The number of carboxylic acids is 1. The number of carboxylic acid groups (broad SMARTS) is 1. The summed E-state index contributed by atoms with van der Waals surface area (Å²) < 4.78 is 13.9. The van der Waals surface area contributed by atoms with Gasteiger partial charge in [-0.3, -0.25) is 4.79 Å². The molecule has 1 rings (SSSR count). The second-order valence-corrected chi connectivity index (χ2v) is 4.62. The van der Waals surface area contributed by atoms with Crippen LogP contribution in [-0.4, -0.2) is 16.8 Å². The molecular weight excluding hydrogens is 271 g/mol. The summed E-state index contributed by atoms with van der Waals surface area (Å²) in [6, 6.07) is 4.60. The van der Waals surface area contributed by atoms with Crippen LogP contribution in [0.4, 0.5) is 4.39 Å². The average Bonchev–Trinajstić information content (AvgIpc) is 2.10. The van der Waals surface area contributed by atoms with E-state index in [0.29, 0.717) is 10.6 Å². The maximum Gasteiger partial charge on any atom is 0.304 e. The van der Waals surface area contributed by atoms with Crippen LogP contribution in [0.2, 0.25) is 0 Å². The van der Waals surface area contributed by atoms with Crippen molar-refractivity contribution in [3.63, 3.8) is 0 Å². The van der Waals surface area contributed by atoms with Gasteiger partial charge in [0.05, 0.1) is 6.42 Å². The quantitative estimate of drug-likeness (QED) is 0.860. The summed E-state index contributed by atoms with van der Waals surface area (Å²) in [6.07, 6.45) is 0.0383. The predicted octanol–water partition coefficient (Wildman–Crippen LogP) is 3.16. The molecule has 0 unspecified atom stereocenters. The third kappa shape index (κ3) is 3.67. The second-order valence-electron chi connectivity index (χ2n) is 2.57. The molecule has 0 aliphatic heterocycles. The molecule has 0 saturated heterocycles. The number of halogens is 2. The third-order valence-electron chi connectivity index (χ3n) is 1.47. The Morgan fingerprint density at radius 2 is 2.29 bits per heavy atom. The number of thioether (sulfide) groups is 1. The lowest BCUT2D eigenvalue weighted by atomic mass is 10.3. The van der Waals surface area contributed by atoms with Gasteiger partial charge in [0.2, 0.25) is 0 Å². The van der Waals surface area contributed by atoms with Gasteiger partial charge in [-0.15, -0.1) is 11.8 Å². The summed E-state index contributed by atoms with van der Waals surface area (Å²) in [5.74, 6) is -0.806. The van der Waals surface area contributed by atoms with Crippen molar-refractivity contribution in [3.05, 3.63) is 28.5 Å². The maximum atomic E-state index is 13.1. The van der Waals surface area contributed by atoms with Crippen LogP contribution in [-0.2, 0) is 4.79 Å². The van der Waals surface area contributed by atoms with E-state index < -0.39 is 5.97 Å². The van der Waals surface area contributed by atoms with Gasteiger partial charge in [0.15, 0.2) is 0 Å². The first-order chi connectivity index (χ1) is 6.59. The van der Waals surface area contributed by atoms with Gasteiger partial charge in [0, 0.05) is 15.1 Å². The number of benzene rings is 1. The Morgan fingerprint density at radius 1 is 1.57 bits per heavy atom. The fourth-order valence-corrected chi connectivity index (χ4v) is 2.26. The molecule has 5 heteroatoms. The molecule has 0 saturated carbocycles. The normalized spacial score (nSPS) is 10.1. The molecule has 0 spiro atoms. The van der Waals surface area contributed by atoms with E-state index in [1.54, 1.807) is 12.1 Å². The van der Waals surface area contributed by atoms with E-state index in [0.717, 1.165) is 4.47 Å². The summed E-state index contributed by atoms with van der Waals surface area (Å²) in [7, 11) is 0. The number of hydrogen-bond acceptors (Lipinski definition) is 2. The molecule has 1 N–H and O–H groups in total. The third-order valence-corrected chi connectivity index (χ3v) is 2.99. The minimum atomic E-state index is -0.868. The Hall–Kier alpha value is -0.550. The van der Waals surface area contributed by atoms with Crippen LogP contribution in [0, 0.1) is 5.82 Å². The smallest absolute Gasteiger partial charge is 0.304 e. The van der Waals surface area contributed by atoms with Crippen LogP contribution in [0.5, 0.6) is 0 Å². The van der Waals surface area contributed by atoms with E-state index in [4.69, 9.17) is 5.11 Å². The van der Waals surface area contributed by atoms with Crippen molar-refractivity contribution in [1.82, 2.24) is 0 Å². The summed E-state index contributed by atoms with van der Waals surface area (Å²) in [4.78, 5) is 10.7. The first-order valence-electron chi connectivity index (χ1n) is 3.89. The van der Waals surface area contributed by atoms with Crippen molar-refractivity contribution in [2.45, 2.75) is 11.3 Å². The van der Waals surface area contributed by atoms with E-state index in [9.17, 15) is 9.18 Å². The van der Waals surface area contributed by atoms with Gasteiger partial charge in [-0.1, -0.05) is 15.9 Å². The lowest BCUT2D eigenvalue weighted by molar-refractivity contribution is -0.136. The Labute approximate surface area is 93.6 Å². The van der Waals surface area contributed by atoms with E-state index in [1.807, 2.05) is 0 Å². The van der Waals surface area contributed by atoms with E-state index in [-0.39, 0.29) is 12.2 Å². The molecule has 14 heavy (non-hydrogen) atoms. The van der Waals surface area contributed by atoms with Crippen molar-refractivity contribution < 1.29 is 14.3 Å². The molecular formula is C9H8BrFO2S. The van der Waals surface area contributed by atoms with E-state index >= 15 is 0 Å². The largest absolute Gasteiger partial charge is 0.481 e. The number of hydrogen-bond donors (Lipinski definition) is 1. The van der Waals surface area contributed by atoms with Crippen molar-refractivity contribution in [3.8, 4) is 0 Å². The maximum absolute atomic E-state index is 13.1. The van der Waals surface area contributed by atoms with Crippen molar-refractivity contribution in [2.24, 2.45) is 0 Å². The molecule has 0 bridgehead atoms. The number of rotatable bonds is 4. The molecule has 0 atom stereocenters. The Bertz CT molecular complexity index is 344. The highest BCUT2D eigenvalue weighted by molar-refractivity contribution is 9.10. The fraction of sp³-hybridized carbons (Fsp3) is 0.222. The van der Waals surface area contributed by atoms with Gasteiger partial charge < -0.3 is 5.11 Å². The lowest BCUT2D eigenvalue weighted by Crippen LogP contribution is -1.96. The highest BCUT2D eigenvalue weighted by Gasteiger charge is 2.04. The summed E-state index contributed by atoms with van der Waals surface area (Å²) in [6.45, 7) is 0. The first-order valence-corrected chi connectivity index (χ1v) is 5.67. The zero-order valence-corrected chi connectivity index (χ0v) is 9.57. The van der Waals surface area contributed by atoms with Gasteiger partial charge >= 0.3 is 5.97 Å². The zero-order chi connectivity index (χ0) is 10.6. The predicted molar refractivity (Wildman–Crippen MR) is 57.1 cm³/mol. The standard InChI is InChI=1S/C9H8BrFO2S/c10-6-1-2-7(11)8(5-6)14-4-3-9(12)13/h1-2,5H,3-4H2,(H,12,13). The van der Waals surface area contributed by atoms with Crippen molar-refractivity contribution in [2.75, 3.05) is 5.75 Å². The number of carbonyl (C=O) groups is 1. The van der Waals surface area contributed by atoms with Crippen molar-refractivity contribution in [1.29, 1.82) is 0 Å². The first kappa shape index (κ1) is 11.5. The van der Waals surface area contributed by atoms with Gasteiger partial charge in [-0.2, -0.15) is 0 Å². The van der Waals surface area contributed by atoms with Crippen LogP contribution < -0.4 is 0 Å². The minimum Gasteiger partial charge on any atom is -0.481 e. The molecule has 0 aliphatic carbocycles. The topological polar surface area (TPSA) is 37.3 Å². The SMILES string of the molecule is O=C(O)CCSc1cc(Br)ccc1F. The van der Waals surface area contributed by atoms with Crippen LogP contribution in [0.3, 0.4) is 0 Å². The summed E-state index contributed by atoms with van der Waals surface area (Å²) in [5, 5.41) is 8.40. The molecule has 2 nitrogen and oxygen atoms in total. The Morgan fingerprint density at radius 3 is 2.93 bits per heavy atom. The van der Waals surface area contributed by atoms with Crippen LogP contribution in [0.25, 0.3) is 0 Å².